The Balaban J connectivity index is 1.64. The molecule has 0 saturated heterocycles. The number of rotatable bonds is 11. The summed E-state index contributed by atoms with van der Waals surface area (Å²) in [7, 11) is -3.41. The highest BCUT2D eigenvalue weighted by atomic mass is 32.2. The number of sulfone groups is 1. The smallest absolute Gasteiger partial charge is 0.296 e. The summed E-state index contributed by atoms with van der Waals surface area (Å²) in [5.41, 5.74) is 5.79. The number of amides is 2. The normalized spacial score (nSPS) is 14.8. The van der Waals surface area contributed by atoms with Gasteiger partial charge in [-0.25, -0.2) is 8.42 Å². The molecule has 2 amide bonds. The maximum atomic E-state index is 12.7. The van der Waals surface area contributed by atoms with Gasteiger partial charge in [0.15, 0.2) is 9.84 Å². The second kappa shape index (κ2) is 9.16. The van der Waals surface area contributed by atoms with Gasteiger partial charge in [-0.1, -0.05) is 35.5 Å². The molecule has 1 radical (unpaired) electrons. The highest BCUT2D eigenvalue weighted by molar-refractivity contribution is 7.91. The molecule has 1 aromatic carbocycles. The number of hydrogen-bond acceptors (Lipinski definition) is 8. The van der Waals surface area contributed by atoms with E-state index in [4.69, 9.17) is 10.3 Å². The molecule has 2 aromatic rings. The van der Waals surface area contributed by atoms with Crippen molar-refractivity contribution in [2.24, 2.45) is 11.7 Å². The molecule has 1 atom stereocenters. The van der Waals surface area contributed by atoms with E-state index in [0.29, 0.717) is 5.56 Å². The van der Waals surface area contributed by atoms with Crippen LogP contribution in [0.15, 0.2) is 34.9 Å². The molecule has 1 aliphatic rings. The molecule has 3 N–H and O–H groups in total. The van der Waals surface area contributed by atoms with Crippen molar-refractivity contribution in [3.8, 4) is 11.4 Å². The molecule has 159 valence electrons. The van der Waals surface area contributed by atoms with Crippen molar-refractivity contribution >= 4 is 27.4 Å². The maximum Gasteiger partial charge on any atom is 0.296 e. The summed E-state index contributed by atoms with van der Waals surface area (Å²) >= 11 is 0. The van der Waals surface area contributed by atoms with Gasteiger partial charge < -0.3 is 15.6 Å². The van der Waals surface area contributed by atoms with E-state index >= 15 is 0 Å². The van der Waals surface area contributed by atoms with Crippen LogP contribution in [0.1, 0.15) is 29.9 Å². The van der Waals surface area contributed by atoms with Crippen molar-refractivity contribution in [1.82, 2.24) is 15.5 Å². The van der Waals surface area contributed by atoms with E-state index in [1.54, 1.807) is 30.3 Å². The van der Waals surface area contributed by atoms with Crippen molar-refractivity contribution in [3.05, 3.63) is 42.6 Å². The van der Waals surface area contributed by atoms with E-state index in [1.807, 2.05) is 0 Å². The number of carbonyl (C=O) groups is 3. The molecule has 0 aliphatic heterocycles. The van der Waals surface area contributed by atoms with E-state index in [1.165, 1.54) is 0 Å². The predicted octanol–water partition coefficient (Wildman–Crippen LogP) is 0.309. The minimum Gasteiger partial charge on any atom is -0.370 e. The Morgan fingerprint density at radius 1 is 1.23 bits per heavy atom. The summed E-state index contributed by atoms with van der Waals surface area (Å²) in [5, 5.41) is 6.03. The number of aromatic nitrogens is 2. The number of nitrogens with one attached hydrogen (secondary N) is 1. The number of carbonyl (C=O) groups excluding carboxylic acids is 3. The first kappa shape index (κ1) is 21.6. The topological polar surface area (TPSA) is 162 Å². The first-order valence-corrected chi connectivity index (χ1v) is 11.1. The summed E-state index contributed by atoms with van der Waals surface area (Å²) < 4.78 is 28.9. The molecule has 30 heavy (non-hydrogen) atoms. The van der Waals surface area contributed by atoms with Crippen molar-refractivity contribution < 1.29 is 27.3 Å². The van der Waals surface area contributed by atoms with Crippen LogP contribution in [0.2, 0.25) is 0 Å². The molecular formula is C19H21N4O6S. The number of ketones is 1. The number of primary amides is 1. The fraction of sp³-hybridized carbons (Fsp3) is 0.368. The Hall–Kier alpha value is -3.08. The van der Waals surface area contributed by atoms with Crippen molar-refractivity contribution in [2.75, 3.05) is 11.5 Å². The Morgan fingerprint density at radius 3 is 2.57 bits per heavy atom. The van der Waals surface area contributed by atoms with Crippen LogP contribution >= 0.6 is 0 Å². The molecule has 1 fully saturated rings. The van der Waals surface area contributed by atoms with Gasteiger partial charge in [0.2, 0.25) is 23.4 Å². The van der Waals surface area contributed by atoms with Crippen LogP contribution in [0.3, 0.4) is 0 Å². The fourth-order valence-electron chi connectivity index (χ4n) is 2.73. The van der Waals surface area contributed by atoms with Gasteiger partial charge in [-0.15, -0.1) is 0 Å². The van der Waals surface area contributed by atoms with Crippen molar-refractivity contribution in [2.45, 2.75) is 25.3 Å². The predicted molar refractivity (Wildman–Crippen MR) is 105 cm³/mol. The number of benzene rings is 1. The Kier molecular flexibility index (Phi) is 6.60. The van der Waals surface area contributed by atoms with E-state index < -0.39 is 51.5 Å². The second-order valence-electron chi connectivity index (χ2n) is 7.11. The van der Waals surface area contributed by atoms with Gasteiger partial charge in [0.05, 0.1) is 24.3 Å². The Bertz CT molecular complexity index is 1030. The van der Waals surface area contributed by atoms with Crippen LogP contribution in [0.4, 0.5) is 0 Å². The third-order valence-corrected chi connectivity index (χ3v) is 6.07. The van der Waals surface area contributed by atoms with Gasteiger partial charge in [-0.3, -0.25) is 14.4 Å². The molecular weight excluding hydrogens is 412 g/mol. The second-order valence-corrected chi connectivity index (χ2v) is 9.26. The van der Waals surface area contributed by atoms with Gasteiger partial charge in [0, 0.05) is 5.56 Å². The van der Waals surface area contributed by atoms with E-state index in [0.717, 1.165) is 19.3 Å². The zero-order valence-corrected chi connectivity index (χ0v) is 16.8. The van der Waals surface area contributed by atoms with Crippen LogP contribution < -0.4 is 11.1 Å². The van der Waals surface area contributed by atoms with Crippen molar-refractivity contribution in [1.29, 1.82) is 0 Å². The zero-order valence-electron chi connectivity index (χ0n) is 16.0. The third-order valence-electron chi connectivity index (χ3n) is 4.42. The first-order valence-electron chi connectivity index (χ1n) is 9.29. The van der Waals surface area contributed by atoms with E-state index in [-0.39, 0.29) is 17.5 Å². The molecule has 1 aliphatic carbocycles. The van der Waals surface area contributed by atoms with Crippen LogP contribution in [0.25, 0.3) is 11.4 Å². The highest BCUT2D eigenvalue weighted by Crippen LogP contribution is 2.30. The summed E-state index contributed by atoms with van der Waals surface area (Å²) in [4.78, 5) is 40.2. The zero-order chi connectivity index (χ0) is 21.7. The summed E-state index contributed by atoms with van der Waals surface area (Å²) in [6.07, 6.45) is 2.17. The third kappa shape index (κ3) is 6.21. The van der Waals surface area contributed by atoms with Crippen LogP contribution in [0, 0.1) is 12.3 Å². The lowest BCUT2D eigenvalue weighted by Gasteiger charge is -2.14. The van der Waals surface area contributed by atoms with Gasteiger partial charge >= 0.3 is 0 Å². The van der Waals surface area contributed by atoms with Crippen LogP contribution in [0.5, 0.6) is 0 Å². The lowest BCUT2D eigenvalue weighted by Crippen LogP contribution is -2.44. The number of Topliss-reactive ketones (excluding diaryl/α,β-unsaturated/α-hetero) is 1. The van der Waals surface area contributed by atoms with Gasteiger partial charge in [-0.05, 0) is 18.8 Å². The lowest BCUT2D eigenvalue weighted by molar-refractivity contribution is -0.119. The first-order chi connectivity index (χ1) is 14.2. The monoisotopic (exact) mass is 433 g/mol. The van der Waals surface area contributed by atoms with Gasteiger partial charge in [-0.2, -0.15) is 4.98 Å². The fourth-order valence-corrected chi connectivity index (χ4v) is 4.33. The largest absolute Gasteiger partial charge is 0.370 e. The number of nitrogens with zero attached hydrogens (tertiary/aromatic N) is 2. The minimum atomic E-state index is -3.41. The molecule has 10 nitrogen and oxygen atoms in total. The standard InChI is InChI=1S/C19H21N4O6S/c20-15(24)10-14(21-16(25)8-9-30(27,28)11-12-6-7-12)17(26)19-22-18(23-29-19)13-4-2-1-3-5-13/h1-5,8,12,14H,6-7,9-11H2,(H2,20,24)(H,21,25). The summed E-state index contributed by atoms with van der Waals surface area (Å²) in [5.74, 6) is -2.94. The highest BCUT2D eigenvalue weighted by Gasteiger charge is 2.31. The Labute approximate surface area is 173 Å². The average molecular weight is 433 g/mol. The molecule has 1 aromatic heterocycles. The molecule has 11 heteroatoms. The average Bonchev–Trinajstić information content (AvgIpc) is 3.36. The Morgan fingerprint density at radius 2 is 1.93 bits per heavy atom. The van der Waals surface area contributed by atoms with Gasteiger partial charge in [0.25, 0.3) is 5.89 Å². The molecule has 0 bridgehead atoms. The van der Waals surface area contributed by atoms with Crippen LogP contribution in [-0.4, -0.2) is 53.7 Å². The summed E-state index contributed by atoms with van der Waals surface area (Å²) in [6, 6.07) is 7.40. The molecule has 1 heterocycles. The lowest BCUT2D eigenvalue weighted by atomic mass is 10.1. The molecule has 3 rings (SSSR count). The SMILES string of the molecule is NC(=O)CC(NC(=O)[CH]CS(=O)(=O)CC1CC1)C(=O)c1nc(-c2ccccc2)no1. The molecule has 1 unspecified atom stereocenters. The van der Waals surface area contributed by atoms with E-state index in [2.05, 4.69) is 15.5 Å². The quantitative estimate of drug-likeness (QED) is 0.478. The maximum absolute atomic E-state index is 12.7. The van der Waals surface area contributed by atoms with Crippen LogP contribution in [-0.2, 0) is 19.4 Å². The van der Waals surface area contributed by atoms with Gasteiger partial charge in [0.1, 0.15) is 6.04 Å². The summed E-state index contributed by atoms with van der Waals surface area (Å²) in [6.45, 7) is 0. The number of hydrogen-bond donors (Lipinski definition) is 2. The molecule has 1 saturated carbocycles. The van der Waals surface area contributed by atoms with Crippen molar-refractivity contribution in [3.63, 3.8) is 0 Å². The number of nitrogens with two attached hydrogens (primary N) is 1. The molecule has 0 spiro atoms. The van der Waals surface area contributed by atoms with E-state index in [9.17, 15) is 22.8 Å². The minimum absolute atomic E-state index is 0.0324.